The van der Waals surface area contributed by atoms with E-state index in [9.17, 15) is 4.79 Å². The number of halogens is 1. The van der Waals surface area contributed by atoms with Crippen molar-refractivity contribution in [2.45, 2.75) is 50.9 Å². The number of carbonyl (C=O) groups is 1. The molecule has 22 heavy (non-hydrogen) atoms. The molecule has 1 amide bonds. The first kappa shape index (κ1) is 16.9. The van der Waals surface area contributed by atoms with E-state index in [1.165, 1.54) is 0 Å². The van der Waals surface area contributed by atoms with E-state index in [0.29, 0.717) is 18.7 Å². The standard InChI is InChI=1S/C16H22N2O3.ClH/c1-16(2)9-12(18-15(19)14-4-3-7-20-14)11-8-10(17)5-6-13(11)21-16;/h5-6,8,12,14H,3-4,7,9,17H2,1-2H3,(H,18,19);1H/t12?,14-;/m1./s1. The van der Waals surface area contributed by atoms with Crippen LogP contribution in [0.1, 0.15) is 44.7 Å². The molecular formula is C16H23ClN2O3. The third-order valence-electron chi connectivity index (χ3n) is 4.03. The highest BCUT2D eigenvalue weighted by Gasteiger charge is 2.36. The number of fused-ring (bicyclic) bond motifs is 1. The van der Waals surface area contributed by atoms with Crippen LogP contribution in [0.3, 0.4) is 0 Å². The van der Waals surface area contributed by atoms with Gasteiger partial charge in [-0.3, -0.25) is 4.79 Å². The number of rotatable bonds is 2. The van der Waals surface area contributed by atoms with Crippen LogP contribution in [0.5, 0.6) is 5.75 Å². The lowest BCUT2D eigenvalue weighted by atomic mass is 9.89. The minimum atomic E-state index is -0.322. The highest BCUT2D eigenvalue weighted by molar-refractivity contribution is 5.85. The van der Waals surface area contributed by atoms with Crippen molar-refractivity contribution in [2.24, 2.45) is 0 Å². The van der Waals surface area contributed by atoms with E-state index in [1.807, 2.05) is 32.0 Å². The summed E-state index contributed by atoms with van der Waals surface area (Å²) in [6, 6.07) is 5.48. The Balaban J connectivity index is 0.00000176. The van der Waals surface area contributed by atoms with Gasteiger partial charge in [-0.15, -0.1) is 12.4 Å². The van der Waals surface area contributed by atoms with Gasteiger partial charge in [-0.2, -0.15) is 0 Å². The zero-order chi connectivity index (χ0) is 15.0. The van der Waals surface area contributed by atoms with Crippen LogP contribution in [0.15, 0.2) is 18.2 Å². The number of nitrogens with two attached hydrogens (primary N) is 1. The van der Waals surface area contributed by atoms with E-state index >= 15 is 0 Å². The number of benzene rings is 1. The fraction of sp³-hybridized carbons (Fsp3) is 0.562. The molecule has 0 bridgehead atoms. The third kappa shape index (κ3) is 3.47. The first-order valence-electron chi connectivity index (χ1n) is 7.45. The number of hydrogen-bond donors (Lipinski definition) is 2. The molecule has 1 saturated heterocycles. The van der Waals surface area contributed by atoms with Gasteiger partial charge in [0.15, 0.2) is 0 Å². The van der Waals surface area contributed by atoms with Crippen LogP contribution in [-0.2, 0) is 9.53 Å². The van der Waals surface area contributed by atoms with Crippen molar-refractivity contribution in [1.82, 2.24) is 5.32 Å². The van der Waals surface area contributed by atoms with Crippen molar-refractivity contribution in [2.75, 3.05) is 12.3 Å². The molecule has 1 fully saturated rings. The summed E-state index contributed by atoms with van der Waals surface area (Å²) in [6.45, 7) is 4.72. The van der Waals surface area contributed by atoms with Gasteiger partial charge in [-0.05, 0) is 44.9 Å². The van der Waals surface area contributed by atoms with Crippen molar-refractivity contribution >= 4 is 24.0 Å². The van der Waals surface area contributed by atoms with Gasteiger partial charge >= 0.3 is 0 Å². The molecule has 2 aliphatic rings. The zero-order valence-electron chi connectivity index (χ0n) is 12.9. The van der Waals surface area contributed by atoms with Crippen molar-refractivity contribution in [3.05, 3.63) is 23.8 Å². The molecule has 2 atom stereocenters. The lowest BCUT2D eigenvalue weighted by Gasteiger charge is -2.38. The van der Waals surface area contributed by atoms with Crippen LogP contribution in [0.4, 0.5) is 5.69 Å². The van der Waals surface area contributed by atoms with Gasteiger partial charge in [0.1, 0.15) is 17.5 Å². The van der Waals surface area contributed by atoms with Crippen LogP contribution >= 0.6 is 12.4 Å². The van der Waals surface area contributed by atoms with Crippen molar-refractivity contribution < 1.29 is 14.3 Å². The van der Waals surface area contributed by atoms with E-state index in [0.717, 1.165) is 24.2 Å². The predicted molar refractivity (Wildman–Crippen MR) is 87.3 cm³/mol. The number of carbonyl (C=O) groups excluding carboxylic acids is 1. The molecule has 2 aliphatic heterocycles. The fourth-order valence-electron chi connectivity index (χ4n) is 3.05. The monoisotopic (exact) mass is 326 g/mol. The minimum Gasteiger partial charge on any atom is -0.487 e. The first-order valence-corrected chi connectivity index (χ1v) is 7.45. The molecule has 0 aliphatic carbocycles. The van der Waals surface area contributed by atoms with Crippen LogP contribution in [0.2, 0.25) is 0 Å². The van der Waals surface area contributed by atoms with Crippen LogP contribution in [0.25, 0.3) is 0 Å². The van der Waals surface area contributed by atoms with Gasteiger partial charge in [0.25, 0.3) is 0 Å². The Morgan fingerprint density at radius 2 is 2.18 bits per heavy atom. The van der Waals surface area contributed by atoms with Crippen molar-refractivity contribution in [3.63, 3.8) is 0 Å². The maximum atomic E-state index is 12.3. The molecule has 1 aromatic rings. The van der Waals surface area contributed by atoms with Gasteiger partial charge < -0.3 is 20.5 Å². The summed E-state index contributed by atoms with van der Waals surface area (Å²) >= 11 is 0. The molecular weight excluding hydrogens is 304 g/mol. The summed E-state index contributed by atoms with van der Waals surface area (Å²) in [5, 5.41) is 3.10. The molecule has 6 heteroatoms. The molecule has 2 heterocycles. The van der Waals surface area contributed by atoms with E-state index in [2.05, 4.69) is 5.32 Å². The van der Waals surface area contributed by atoms with Crippen molar-refractivity contribution in [1.29, 1.82) is 0 Å². The number of hydrogen-bond acceptors (Lipinski definition) is 4. The molecule has 0 spiro atoms. The summed E-state index contributed by atoms with van der Waals surface area (Å²) < 4.78 is 11.4. The highest BCUT2D eigenvalue weighted by Crippen LogP contribution is 2.40. The predicted octanol–water partition coefficient (Wildman–Crippen LogP) is 2.59. The lowest BCUT2D eigenvalue weighted by molar-refractivity contribution is -0.131. The molecule has 122 valence electrons. The molecule has 5 nitrogen and oxygen atoms in total. The SMILES string of the molecule is CC1(C)CC(NC(=O)[C@H]2CCCO2)c2cc(N)ccc2O1.Cl. The molecule has 1 unspecified atom stereocenters. The molecule has 3 N–H and O–H groups in total. The van der Waals surface area contributed by atoms with Gasteiger partial charge in [0, 0.05) is 24.3 Å². The number of nitrogen functional groups attached to an aromatic ring is 1. The Kier molecular flexibility index (Phi) is 4.87. The lowest BCUT2D eigenvalue weighted by Crippen LogP contribution is -2.44. The summed E-state index contributed by atoms with van der Waals surface area (Å²) in [5.74, 6) is 0.752. The molecule has 1 aromatic carbocycles. The number of ether oxygens (including phenoxy) is 2. The summed E-state index contributed by atoms with van der Waals surface area (Å²) in [7, 11) is 0. The van der Waals surface area contributed by atoms with Gasteiger partial charge in [0.05, 0.1) is 6.04 Å². The van der Waals surface area contributed by atoms with Crippen molar-refractivity contribution in [3.8, 4) is 5.75 Å². The average Bonchev–Trinajstić information content (AvgIpc) is 2.93. The maximum Gasteiger partial charge on any atom is 0.249 e. The number of anilines is 1. The van der Waals surface area contributed by atoms with Gasteiger partial charge in [-0.25, -0.2) is 0 Å². The Morgan fingerprint density at radius 1 is 1.41 bits per heavy atom. The summed E-state index contributed by atoms with van der Waals surface area (Å²) in [5.41, 5.74) is 7.17. The smallest absolute Gasteiger partial charge is 0.249 e. The normalized spacial score (nSPS) is 25.5. The first-order chi connectivity index (χ1) is 9.94. The molecule has 3 rings (SSSR count). The van der Waals surface area contributed by atoms with Crippen LogP contribution in [0, 0.1) is 0 Å². The maximum absolute atomic E-state index is 12.3. The number of nitrogens with one attached hydrogen (secondary N) is 1. The van der Waals surface area contributed by atoms with Crippen LogP contribution < -0.4 is 15.8 Å². The van der Waals surface area contributed by atoms with E-state index in [-0.39, 0.29) is 36.1 Å². The second kappa shape index (κ2) is 6.34. The fourth-order valence-corrected chi connectivity index (χ4v) is 3.05. The molecule has 0 radical (unpaired) electrons. The average molecular weight is 327 g/mol. The largest absolute Gasteiger partial charge is 0.487 e. The Labute approximate surface area is 137 Å². The summed E-state index contributed by atoms with van der Waals surface area (Å²) in [4.78, 5) is 12.3. The van der Waals surface area contributed by atoms with Crippen LogP contribution in [-0.4, -0.2) is 24.2 Å². The number of amides is 1. The van der Waals surface area contributed by atoms with Gasteiger partial charge in [-0.1, -0.05) is 0 Å². The molecule has 0 aromatic heterocycles. The van der Waals surface area contributed by atoms with E-state index in [4.69, 9.17) is 15.2 Å². The topological polar surface area (TPSA) is 73.6 Å². The van der Waals surface area contributed by atoms with E-state index < -0.39 is 0 Å². The second-order valence-corrected chi connectivity index (χ2v) is 6.43. The minimum absolute atomic E-state index is 0. The Morgan fingerprint density at radius 3 is 2.86 bits per heavy atom. The van der Waals surface area contributed by atoms with Gasteiger partial charge in [0.2, 0.25) is 5.91 Å². The zero-order valence-corrected chi connectivity index (χ0v) is 13.7. The highest BCUT2D eigenvalue weighted by atomic mass is 35.5. The Hall–Kier alpha value is -1.46. The Bertz CT molecular complexity index is 556. The van der Waals surface area contributed by atoms with E-state index in [1.54, 1.807) is 0 Å². The molecule has 0 saturated carbocycles. The quantitative estimate of drug-likeness (QED) is 0.819. The third-order valence-corrected chi connectivity index (χ3v) is 4.03. The summed E-state index contributed by atoms with van der Waals surface area (Å²) in [6.07, 6.45) is 2.13. The second-order valence-electron chi connectivity index (χ2n) is 6.43.